The van der Waals surface area contributed by atoms with Gasteiger partial charge in [-0.3, -0.25) is 4.79 Å². The predicted molar refractivity (Wildman–Crippen MR) is 148 cm³/mol. The van der Waals surface area contributed by atoms with Gasteiger partial charge in [0.25, 0.3) is 5.91 Å². The second-order valence-electron chi connectivity index (χ2n) is 8.73. The molecule has 0 radical (unpaired) electrons. The fraction of sp³-hybridized carbons (Fsp3) is 0.0968. The van der Waals surface area contributed by atoms with Crippen molar-refractivity contribution in [1.29, 1.82) is 0 Å². The van der Waals surface area contributed by atoms with E-state index in [1.807, 2.05) is 97.9 Å². The summed E-state index contributed by atoms with van der Waals surface area (Å²) in [5, 5.41) is 2.94. The van der Waals surface area contributed by atoms with Gasteiger partial charge in [-0.25, -0.2) is 4.98 Å². The number of methoxy groups -OCH3 is 1. The molecule has 5 rings (SSSR count). The molecule has 6 heteroatoms. The molecule has 5 aromatic rings. The van der Waals surface area contributed by atoms with Crippen molar-refractivity contribution in [1.82, 2.24) is 4.98 Å². The van der Waals surface area contributed by atoms with Gasteiger partial charge in [0.2, 0.25) is 5.89 Å². The first-order valence-electron chi connectivity index (χ1n) is 11.9. The molecule has 0 saturated carbocycles. The summed E-state index contributed by atoms with van der Waals surface area (Å²) in [4.78, 5) is 20.2. The Bertz CT molecular complexity index is 1510. The monoisotopic (exact) mass is 489 g/mol. The minimum Gasteiger partial charge on any atom is -0.497 e. The number of carbonyl (C=O) groups excluding carboxylic acids is 1. The molecule has 0 aliphatic carbocycles. The van der Waals surface area contributed by atoms with Gasteiger partial charge in [0.1, 0.15) is 5.75 Å². The van der Waals surface area contributed by atoms with Crippen LogP contribution in [0.2, 0.25) is 0 Å². The van der Waals surface area contributed by atoms with Crippen LogP contribution in [0, 0.1) is 0 Å². The van der Waals surface area contributed by atoms with Gasteiger partial charge in [0, 0.05) is 36.6 Å². The van der Waals surface area contributed by atoms with Crippen LogP contribution in [0.3, 0.4) is 0 Å². The third kappa shape index (κ3) is 5.09. The summed E-state index contributed by atoms with van der Waals surface area (Å²) in [5.74, 6) is 1.14. The molecular weight excluding hydrogens is 462 g/mol. The Morgan fingerprint density at radius 3 is 2.08 bits per heavy atom. The Balaban J connectivity index is 1.59. The molecule has 0 aliphatic heterocycles. The third-order valence-electron chi connectivity index (χ3n) is 6.08. The quantitative estimate of drug-likeness (QED) is 0.267. The first kappa shape index (κ1) is 23.9. The molecule has 0 fully saturated rings. The summed E-state index contributed by atoms with van der Waals surface area (Å²) in [7, 11) is 5.57. The molecule has 0 aliphatic rings. The van der Waals surface area contributed by atoms with E-state index in [0.29, 0.717) is 23.1 Å². The number of hydrogen-bond donors (Lipinski definition) is 1. The number of aromatic nitrogens is 1. The SMILES string of the molecule is COc1ccc(NC(=O)c2nc(-c3ccccc3-c3ccccc3)oc2-c2ccc(N(C)C)cc2)cc1. The zero-order valence-electron chi connectivity index (χ0n) is 20.9. The largest absolute Gasteiger partial charge is 0.497 e. The molecule has 0 spiro atoms. The van der Waals surface area contributed by atoms with Crippen molar-refractivity contribution in [3.63, 3.8) is 0 Å². The van der Waals surface area contributed by atoms with Gasteiger partial charge >= 0.3 is 0 Å². The van der Waals surface area contributed by atoms with Crippen molar-refractivity contribution in [3.05, 3.63) is 109 Å². The minimum atomic E-state index is -0.357. The highest BCUT2D eigenvalue weighted by molar-refractivity contribution is 6.07. The molecule has 0 bridgehead atoms. The lowest BCUT2D eigenvalue weighted by Gasteiger charge is -2.12. The molecule has 184 valence electrons. The molecule has 37 heavy (non-hydrogen) atoms. The Hall–Kier alpha value is -4.84. The van der Waals surface area contributed by atoms with E-state index in [-0.39, 0.29) is 11.6 Å². The number of rotatable bonds is 7. The van der Waals surface area contributed by atoms with Crippen molar-refractivity contribution in [3.8, 4) is 39.7 Å². The van der Waals surface area contributed by atoms with E-state index in [1.165, 1.54) is 0 Å². The second-order valence-corrected chi connectivity index (χ2v) is 8.73. The van der Waals surface area contributed by atoms with Crippen molar-refractivity contribution >= 4 is 17.3 Å². The maximum absolute atomic E-state index is 13.5. The maximum atomic E-state index is 13.5. The number of nitrogens with one attached hydrogen (secondary N) is 1. The molecule has 1 heterocycles. The molecule has 6 nitrogen and oxygen atoms in total. The van der Waals surface area contributed by atoms with E-state index >= 15 is 0 Å². The minimum absolute atomic E-state index is 0.214. The zero-order valence-corrected chi connectivity index (χ0v) is 20.9. The Labute approximate surface area is 216 Å². The van der Waals surface area contributed by atoms with Gasteiger partial charge in [-0.2, -0.15) is 0 Å². The number of hydrogen-bond acceptors (Lipinski definition) is 5. The topological polar surface area (TPSA) is 67.6 Å². The van der Waals surface area contributed by atoms with Crippen molar-refractivity contribution in [2.24, 2.45) is 0 Å². The lowest BCUT2D eigenvalue weighted by atomic mass is 10.00. The van der Waals surface area contributed by atoms with Crippen LogP contribution in [0.5, 0.6) is 5.75 Å². The van der Waals surface area contributed by atoms with E-state index in [1.54, 1.807) is 31.4 Å². The lowest BCUT2D eigenvalue weighted by Crippen LogP contribution is -2.13. The summed E-state index contributed by atoms with van der Waals surface area (Å²) < 4.78 is 11.6. The number of ether oxygens (including phenoxy) is 1. The molecule has 0 atom stereocenters. The molecule has 4 aromatic carbocycles. The lowest BCUT2D eigenvalue weighted by molar-refractivity contribution is 0.102. The third-order valence-corrected chi connectivity index (χ3v) is 6.08. The molecular formula is C31H27N3O3. The van der Waals surface area contributed by atoms with Crippen LogP contribution >= 0.6 is 0 Å². The van der Waals surface area contributed by atoms with Crippen LogP contribution < -0.4 is 15.0 Å². The summed E-state index contributed by atoms with van der Waals surface area (Å²) in [6.45, 7) is 0. The van der Waals surface area contributed by atoms with E-state index in [9.17, 15) is 4.79 Å². The van der Waals surface area contributed by atoms with Crippen LogP contribution in [0.15, 0.2) is 108 Å². The van der Waals surface area contributed by atoms with Crippen molar-refractivity contribution in [2.75, 3.05) is 31.4 Å². The highest BCUT2D eigenvalue weighted by Gasteiger charge is 2.24. The van der Waals surface area contributed by atoms with Gasteiger partial charge in [-0.15, -0.1) is 0 Å². The number of carbonyl (C=O) groups is 1. The fourth-order valence-electron chi connectivity index (χ4n) is 4.10. The highest BCUT2D eigenvalue weighted by atomic mass is 16.5. The van der Waals surface area contributed by atoms with Gasteiger partial charge in [-0.1, -0.05) is 48.5 Å². The van der Waals surface area contributed by atoms with Crippen LogP contribution in [0.4, 0.5) is 11.4 Å². The van der Waals surface area contributed by atoms with E-state index in [4.69, 9.17) is 14.1 Å². The van der Waals surface area contributed by atoms with E-state index in [0.717, 1.165) is 27.9 Å². The Morgan fingerprint density at radius 1 is 0.784 bits per heavy atom. The summed E-state index contributed by atoms with van der Waals surface area (Å²) in [6.07, 6.45) is 0. The highest BCUT2D eigenvalue weighted by Crippen LogP contribution is 2.36. The van der Waals surface area contributed by atoms with E-state index in [2.05, 4.69) is 5.32 Å². The van der Waals surface area contributed by atoms with Crippen LogP contribution in [0.25, 0.3) is 33.9 Å². The maximum Gasteiger partial charge on any atom is 0.278 e. The number of anilines is 2. The summed E-state index contributed by atoms with van der Waals surface area (Å²) in [5.41, 5.74) is 5.48. The number of nitrogens with zero attached hydrogens (tertiary/aromatic N) is 2. The smallest absolute Gasteiger partial charge is 0.278 e. The molecule has 0 unspecified atom stereocenters. The molecule has 1 aromatic heterocycles. The second kappa shape index (κ2) is 10.4. The fourth-order valence-corrected chi connectivity index (χ4v) is 4.10. The summed E-state index contributed by atoms with van der Waals surface area (Å²) >= 11 is 0. The first-order chi connectivity index (χ1) is 18.0. The van der Waals surface area contributed by atoms with Gasteiger partial charge in [0.15, 0.2) is 11.5 Å². The van der Waals surface area contributed by atoms with E-state index < -0.39 is 0 Å². The predicted octanol–water partition coefficient (Wildman–Crippen LogP) is 7.00. The average Bonchev–Trinajstić information content (AvgIpc) is 3.40. The van der Waals surface area contributed by atoms with Gasteiger partial charge in [0.05, 0.1) is 7.11 Å². The number of amides is 1. The normalized spacial score (nSPS) is 10.7. The Morgan fingerprint density at radius 2 is 1.43 bits per heavy atom. The van der Waals surface area contributed by atoms with Gasteiger partial charge < -0.3 is 19.4 Å². The van der Waals surface area contributed by atoms with Crippen molar-refractivity contribution in [2.45, 2.75) is 0 Å². The molecule has 1 N–H and O–H groups in total. The van der Waals surface area contributed by atoms with Crippen LogP contribution in [0.1, 0.15) is 10.5 Å². The van der Waals surface area contributed by atoms with Crippen LogP contribution in [-0.4, -0.2) is 32.1 Å². The van der Waals surface area contributed by atoms with Crippen molar-refractivity contribution < 1.29 is 13.9 Å². The zero-order chi connectivity index (χ0) is 25.8. The molecule has 1 amide bonds. The number of oxazole rings is 1. The standard InChI is InChI=1S/C31H27N3O3/c1-34(2)24-17-13-22(14-18-24)29-28(30(35)32-23-15-19-25(36-3)20-16-23)33-31(37-29)27-12-8-7-11-26(27)21-9-5-4-6-10-21/h4-20H,1-3H3,(H,32,35). The van der Waals surface area contributed by atoms with Gasteiger partial charge in [-0.05, 0) is 65.7 Å². The average molecular weight is 490 g/mol. The van der Waals surface area contributed by atoms with Crippen LogP contribution in [-0.2, 0) is 0 Å². The first-order valence-corrected chi connectivity index (χ1v) is 11.9. The Kier molecular flexibility index (Phi) is 6.72. The number of benzene rings is 4. The summed E-state index contributed by atoms with van der Waals surface area (Å²) in [6, 6.07) is 33.0. The molecule has 0 saturated heterocycles.